The van der Waals surface area contributed by atoms with Crippen LogP contribution in [0.1, 0.15) is 59.8 Å². The first-order chi connectivity index (χ1) is 11.0. The molecule has 1 aliphatic heterocycles. The summed E-state index contributed by atoms with van der Waals surface area (Å²) in [6.07, 6.45) is 5.11. The van der Waals surface area contributed by atoms with Gasteiger partial charge in [-0.2, -0.15) is 10.2 Å². The smallest absolute Gasteiger partial charge is 0.407 e. The number of allylic oxidation sites excluding steroid dienone is 1. The summed E-state index contributed by atoms with van der Waals surface area (Å²) < 4.78 is 5.44. The van der Waals surface area contributed by atoms with Gasteiger partial charge in [-0.25, -0.2) is 4.79 Å². The van der Waals surface area contributed by atoms with Crippen LogP contribution < -0.4 is 5.32 Å². The lowest BCUT2D eigenvalue weighted by Gasteiger charge is -2.23. The van der Waals surface area contributed by atoms with Crippen molar-refractivity contribution in [2.24, 2.45) is 27.0 Å². The Hall–Kier alpha value is -1.39. The Morgan fingerprint density at radius 1 is 1.26 bits per heavy atom. The lowest BCUT2D eigenvalue weighted by molar-refractivity contribution is 0.133. The maximum absolute atomic E-state index is 11.6. The molecule has 0 saturated heterocycles. The van der Waals surface area contributed by atoms with E-state index in [0.29, 0.717) is 25.1 Å². The second kappa shape index (κ2) is 5.91. The van der Waals surface area contributed by atoms with Crippen molar-refractivity contribution < 1.29 is 9.53 Å². The second-order valence-electron chi connectivity index (χ2n) is 7.63. The third-order valence-electron chi connectivity index (χ3n) is 6.73. The number of nitrogens with zero attached hydrogens (tertiary/aromatic N) is 2. The third kappa shape index (κ3) is 2.58. The molecule has 0 radical (unpaired) electrons. The number of fused-ring (bicyclic) bond motifs is 1. The maximum atomic E-state index is 11.6. The summed E-state index contributed by atoms with van der Waals surface area (Å²) in [4.78, 5) is 11.6. The summed E-state index contributed by atoms with van der Waals surface area (Å²) in [7, 11) is 0. The minimum Gasteiger partial charge on any atom is -0.449 e. The summed E-state index contributed by atoms with van der Waals surface area (Å²) in [6.45, 7) is 9.95. The van der Waals surface area contributed by atoms with Gasteiger partial charge in [0, 0.05) is 12.5 Å². The predicted octanol–water partition coefficient (Wildman–Crippen LogP) is 4.45. The lowest BCUT2D eigenvalue weighted by Crippen LogP contribution is -2.25. The fourth-order valence-corrected chi connectivity index (χ4v) is 4.80. The van der Waals surface area contributed by atoms with E-state index >= 15 is 0 Å². The Balaban J connectivity index is 1.67. The minimum absolute atomic E-state index is 0.248. The minimum atomic E-state index is -0.292. The Bertz CT molecular complexity index is 556. The van der Waals surface area contributed by atoms with E-state index < -0.39 is 0 Å². The highest BCUT2D eigenvalue weighted by molar-refractivity contribution is 5.67. The molecule has 3 rings (SSSR count). The van der Waals surface area contributed by atoms with Gasteiger partial charge in [0.05, 0.1) is 18.3 Å². The number of hydrogen-bond donors (Lipinski definition) is 1. The van der Waals surface area contributed by atoms with Crippen molar-refractivity contribution in [2.45, 2.75) is 65.8 Å². The normalized spacial score (nSPS) is 38.4. The zero-order valence-corrected chi connectivity index (χ0v) is 14.8. The van der Waals surface area contributed by atoms with Crippen molar-refractivity contribution >= 4 is 6.09 Å². The highest BCUT2D eigenvalue weighted by Gasteiger charge is 2.70. The van der Waals surface area contributed by atoms with Gasteiger partial charge < -0.3 is 10.1 Å². The number of azo groups is 1. The fourth-order valence-electron chi connectivity index (χ4n) is 4.80. The molecule has 0 aromatic heterocycles. The van der Waals surface area contributed by atoms with E-state index in [-0.39, 0.29) is 16.9 Å². The van der Waals surface area contributed by atoms with E-state index in [4.69, 9.17) is 4.74 Å². The first-order valence-corrected chi connectivity index (χ1v) is 8.99. The van der Waals surface area contributed by atoms with Crippen molar-refractivity contribution in [3.63, 3.8) is 0 Å². The molecule has 4 atom stereocenters. The van der Waals surface area contributed by atoms with E-state index in [2.05, 4.69) is 36.3 Å². The summed E-state index contributed by atoms with van der Waals surface area (Å²) in [5.41, 5.74) is 3.21. The van der Waals surface area contributed by atoms with Gasteiger partial charge in [-0.3, -0.25) is 0 Å². The standard InChI is InChI=1S/C18H29N3O2/c1-5-13-12-7-9-17(3)15(11-23-16(22)19-6-2)18(17,4)10-8-14(12)21-20-13/h13,15H,5-11H2,1-4H3,(H,19,22)/t13?,15-,17+,18-/m1/s1. The number of nitrogens with one attached hydrogen (secondary N) is 1. The van der Waals surface area contributed by atoms with Crippen molar-refractivity contribution in [3.8, 4) is 0 Å². The van der Waals surface area contributed by atoms with Crippen LogP contribution in [0.2, 0.25) is 0 Å². The molecule has 128 valence electrons. The van der Waals surface area contributed by atoms with E-state index in [9.17, 15) is 4.79 Å². The molecule has 0 aromatic carbocycles. The van der Waals surface area contributed by atoms with Crippen molar-refractivity contribution in [3.05, 3.63) is 11.3 Å². The Labute approximate surface area is 139 Å². The van der Waals surface area contributed by atoms with Crippen LogP contribution in [0.5, 0.6) is 0 Å². The van der Waals surface area contributed by atoms with Crippen molar-refractivity contribution in [2.75, 3.05) is 13.2 Å². The van der Waals surface area contributed by atoms with Crippen LogP contribution in [-0.2, 0) is 4.74 Å². The van der Waals surface area contributed by atoms with Gasteiger partial charge in [-0.15, -0.1) is 0 Å². The number of alkyl carbamates (subject to hydrolysis) is 1. The summed E-state index contributed by atoms with van der Waals surface area (Å²) in [5.74, 6) is 0.453. The van der Waals surface area contributed by atoms with Crippen LogP contribution in [0, 0.1) is 16.7 Å². The summed E-state index contributed by atoms with van der Waals surface area (Å²) >= 11 is 0. The van der Waals surface area contributed by atoms with E-state index in [1.807, 2.05) is 6.92 Å². The van der Waals surface area contributed by atoms with Gasteiger partial charge in [-0.05, 0) is 55.4 Å². The number of hydrogen-bond acceptors (Lipinski definition) is 4. The van der Waals surface area contributed by atoms with Crippen LogP contribution in [0.25, 0.3) is 0 Å². The van der Waals surface area contributed by atoms with Crippen molar-refractivity contribution in [1.82, 2.24) is 5.32 Å². The van der Waals surface area contributed by atoms with Gasteiger partial charge in [0.25, 0.3) is 0 Å². The zero-order valence-electron chi connectivity index (χ0n) is 14.8. The molecule has 3 aliphatic rings. The van der Waals surface area contributed by atoms with Crippen LogP contribution in [0.3, 0.4) is 0 Å². The molecule has 0 bridgehead atoms. The molecule has 5 heteroatoms. The highest BCUT2D eigenvalue weighted by Crippen LogP contribution is 2.74. The van der Waals surface area contributed by atoms with E-state index in [0.717, 1.165) is 32.1 Å². The van der Waals surface area contributed by atoms with Crippen LogP contribution in [-0.4, -0.2) is 25.3 Å². The van der Waals surface area contributed by atoms with Gasteiger partial charge in [0.1, 0.15) is 0 Å². The zero-order chi connectivity index (χ0) is 16.7. The molecular formula is C18H29N3O2. The molecule has 0 spiro atoms. The molecule has 1 N–H and O–H groups in total. The molecule has 1 amide bonds. The number of amides is 1. The quantitative estimate of drug-likeness (QED) is 0.832. The molecule has 1 unspecified atom stereocenters. The second-order valence-corrected chi connectivity index (χ2v) is 7.63. The Kier molecular flexibility index (Phi) is 4.23. The highest BCUT2D eigenvalue weighted by atomic mass is 16.5. The Morgan fingerprint density at radius 2 is 1.96 bits per heavy atom. The average molecular weight is 319 g/mol. The first-order valence-electron chi connectivity index (χ1n) is 8.99. The van der Waals surface area contributed by atoms with Crippen LogP contribution in [0.4, 0.5) is 4.79 Å². The topological polar surface area (TPSA) is 63.0 Å². The molecule has 0 aromatic rings. The van der Waals surface area contributed by atoms with Gasteiger partial charge in [-0.1, -0.05) is 20.8 Å². The maximum Gasteiger partial charge on any atom is 0.407 e. The van der Waals surface area contributed by atoms with Gasteiger partial charge >= 0.3 is 6.09 Å². The largest absolute Gasteiger partial charge is 0.449 e. The summed E-state index contributed by atoms with van der Waals surface area (Å²) in [5, 5.41) is 11.6. The first kappa shape index (κ1) is 16.5. The number of rotatable bonds is 4. The van der Waals surface area contributed by atoms with E-state index in [1.54, 1.807) is 0 Å². The van der Waals surface area contributed by atoms with E-state index in [1.165, 1.54) is 11.3 Å². The van der Waals surface area contributed by atoms with Crippen LogP contribution in [0.15, 0.2) is 21.5 Å². The third-order valence-corrected chi connectivity index (χ3v) is 6.73. The fraction of sp³-hybridized carbons (Fsp3) is 0.833. The predicted molar refractivity (Wildman–Crippen MR) is 89.2 cm³/mol. The Morgan fingerprint density at radius 3 is 2.61 bits per heavy atom. The molecule has 1 heterocycles. The number of carbonyl (C=O) groups is 1. The van der Waals surface area contributed by atoms with Gasteiger partial charge in [0.15, 0.2) is 0 Å². The monoisotopic (exact) mass is 319 g/mol. The summed E-state index contributed by atoms with van der Waals surface area (Å²) in [6, 6.07) is 0.307. The molecule has 5 nitrogen and oxygen atoms in total. The van der Waals surface area contributed by atoms with Gasteiger partial charge in [0.2, 0.25) is 0 Å². The molecule has 2 aliphatic carbocycles. The number of ether oxygens (including phenoxy) is 1. The van der Waals surface area contributed by atoms with Crippen LogP contribution >= 0.6 is 0 Å². The SMILES string of the molecule is CCNC(=O)OC[C@@H]1[C@]2(C)CCC3=C(CC[C@]12C)N=NC3CC. The molecule has 23 heavy (non-hydrogen) atoms. The number of carbonyl (C=O) groups excluding carboxylic acids is 1. The molecule has 1 fully saturated rings. The van der Waals surface area contributed by atoms with Crippen molar-refractivity contribution in [1.29, 1.82) is 0 Å². The molecular weight excluding hydrogens is 290 g/mol. The average Bonchev–Trinajstić information content (AvgIpc) is 2.83. The molecule has 1 saturated carbocycles. The lowest BCUT2D eigenvalue weighted by atomic mass is 9.82.